The van der Waals surface area contributed by atoms with E-state index in [2.05, 4.69) is 11.7 Å². The third-order valence-electron chi connectivity index (χ3n) is 2.31. The molecule has 0 N–H and O–H groups in total. The lowest BCUT2D eigenvalue weighted by molar-refractivity contribution is 0.577. The average Bonchev–Trinajstić information content (AvgIpc) is 2.80. The lowest BCUT2D eigenvalue weighted by atomic mass is 10.3. The molecule has 1 aromatic heterocycles. The zero-order chi connectivity index (χ0) is 12.3. The summed E-state index contributed by atoms with van der Waals surface area (Å²) in [5.41, 5.74) is 0.601. The van der Waals surface area contributed by atoms with Gasteiger partial charge in [-0.1, -0.05) is 24.3 Å². The highest BCUT2D eigenvalue weighted by molar-refractivity contribution is 7.89. The van der Waals surface area contributed by atoms with Crippen LogP contribution in [0.3, 0.4) is 0 Å². The third kappa shape index (κ3) is 2.14. The monoisotopic (exact) mass is 248 g/mol. The van der Waals surface area contributed by atoms with Gasteiger partial charge in [0.1, 0.15) is 0 Å². The fourth-order valence-electron chi connectivity index (χ4n) is 1.52. The first kappa shape index (κ1) is 11.6. The van der Waals surface area contributed by atoms with Crippen LogP contribution in [0.15, 0.2) is 60.1 Å². The molecule has 0 unspecified atom stereocenters. The minimum absolute atomic E-state index is 0.231. The van der Waals surface area contributed by atoms with Gasteiger partial charge in [-0.2, -0.15) is 17.6 Å². The van der Waals surface area contributed by atoms with E-state index in [1.54, 1.807) is 42.5 Å². The molecule has 0 saturated carbocycles. The molecule has 1 aromatic carbocycles. The lowest BCUT2D eigenvalue weighted by Gasteiger charge is -2.07. The summed E-state index contributed by atoms with van der Waals surface area (Å²) in [6.45, 7) is 3.60. The topological polar surface area (TPSA) is 52.0 Å². The Kier molecular flexibility index (Phi) is 3.10. The van der Waals surface area contributed by atoms with Gasteiger partial charge in [-0.15, -0.1) is 6.58 Å². The van der Waals surface area contributed by atoms with Crippen molar-refractivity contribution in [3.63, 3.8) is 0 Å². The van der Waals surface area contributed by atoms with E-state index >= 15 is 0 Å². The fraction of sp³-hybridized carbons (Fsp3) is 0.0833. The number of rotatable bonds is 4. The summed E-state index contributed by atoms with van der Waals surface area (Å²) < 4.78 is 25.6. The van der Waals surface area contributed by atoms with Crippen molar-refractivity contribution in [2.24, 2.45) is 0 Å². The van der Waals surface area contributed by atoms with E-state index in [9.17, 15) is 8.42 Å². The Morgan fingerprint density at radius 3 is 2.59 bits per heavy atom. The van der Waals surface area contributed by atoms with Crippen LogP contribution in [0.25, 0.3) is 0 Å². The summed E-state index contributed by atoms with van der Waals surface area (Å²) in [6, 6.07) is 9.91. The first-order valence-corrected chi connectivity index (χ1v) is 6.54. The minimum Gasteiger partial charge on any atom is -0.199 e. The minimum atomic E-state index is -3.59. The number of benzene rings is 1. The highest BCUT2D eigenvalue weighted by Crippen LogP contribution is 2.14. The summed E-state index contributed by atoms with van der Waals surface area (Å²) in [4.78, 5) is 0.231. The van der Waals surface area contributed by atoms with Crippen molar-refractivity contribution in [3.05, 3.63) is 60.9 Å². The van der Waals surface area contributed by atoms with Gasteiger partial charge in [0.2, 0.25) is 0 Å². The summed E-state index contributed by atoms with van der Waals surface area (Å²) in [7, 11) is -3.59. The lowest BCUT2D eigenvalue weighted by Crippen LogP contribution is -2.16. The van der Waals surface area contributed by atoms with Crippen molar-refractivity contribution < 1.29 is 8.42 Å². The molecule has 2 aromatic rings. The first-order valence-electron chi connectivity index (χ1n) is 5.10. The molecule has 0 aliphatic heterocycles. The number of hydrogen-bond donors (Lipinski definition) is 0. The molecule has 0 radical (unpaired) electrons. The third-order valence-corrected chi connectivity index (χ3v) is 3.96. The Hall–Kier alpha value is -1.88. The molecule has 0 aliphatic carbocycles. The molecule has 0 atom stereocenters. The SMILES string of the molecule is C=CCc1ccnn1S(=O)(=O)c1ccccc1. The summed E-state index contributed by atoms with van der Waals surface area (Å²) in [5, 5.41) is 3.86. The Balaban J connectivity index is 2.53. The normalized spacial score (nSPS) is 11.3. The van der Waals surface area contributed by atoms with Gasteiger partial charge >= 0.3 is 0 Å². The first-order chi connectivity index (χ1) is 8.16. The number of hydrogen-bond acceptors (Lipinski definition) is 3. The van der Waals surface area contributed by atoms with Gasteiger partial charge in [-0.25, -0.2) is 0 Å². The molecular formula is C12H12N2O2S. The van der Waals surface area contributed by atoms with Crippen LogP contribution in [-0.4, -0.2) is 17.6 Å². The number of nitrogens with zero attached hydrogens (tertiary/aromatic N) is 2. The highest BCUT2D eigenvalue weighted by Gasteiger charge is 2.19. The molecule has 0 saturated heterocycles. The summed E-state index contributed by atoms with van der Waals surface area (Å²) in [6.07, 6.45) is 3.58. The molecule has 17 heavy (non-hydrogen) atoms. The standard InChI is InChI=1S/C12H12N2O2S/c1-2-6-11-9-10-13-14(11)17(15,16)12-7-4-3-5-8-12/h2-5,7-10H,1,6H2. The zero-order valence-electron chi connectivity index (χ0n) is 9.15. The molecule has 2 rings (SSSR count). The molecule has 5 heteroatoms. The van der Waals surface area contributed by atoms with Crippen molar-refractivity contribution in [1.82, 2.24) is 9.19 Å². The van der Waals surface area contributed by atoms with Crippen LogP contribution in [-0.2, 0) is 16.4 Å². The predicted molar refractivity (Wildman–Crippen MR) is 65.2 cm³/mol. The van der Waals surface area contributed by atoms with Crippen LogP contribution in [0.2, 0.25) is 0 Å². The van der Waals surface area contributed by atoms with E-state index in [1.807, 2.05) is 0 Å². The molecule has 4 nitrogen and oxygen atoms in total. The maximum Gasteiger partial charge on any atom is 0.283 e. The summed E-state index contributed by atoms with van der Waals surface area (Å²) >= 11 is 0. The van der Waals surface area contributed by atoms with Crippen LogP contribution < -0.4 is 0 Å². The molecule has 0 fully saturated rings. The fourth-order valence-corrected chi connectivity index (χ4v) is 2.84. The largest absolute Gasteiger partial charge is 0.283 e. The smallest absolute Gasteiger partial charge is 0.199 e. The van der Waals surface area contributed by atoms with Crippen molar-refractivity contribution >= 4 is 10.0 Å². The second-order valence-electron chi connectivity index (χ2n) is 3.48. The van der Waals surface area contributed by atoms with Crippen LogP contribution in [0, 0.1) is 0 Å². The van der Waals surface area contributed by atoms with Crippen LogP contribution >= 0.6 is 0 Å². The molecule has 0 aliphatic rings. The predicted octanol–water partition coefficient (Wildman–Crippen LogP) is 1.85. The van der Waals surface area contributed by atoms with Crippen LogP contribution in [0.1, 0.15) is 5.69 Å². The number of aromatic nitrogens is 2. The van der Waals surface area contributed by atoms with E-state index in [0.29, 0.717) is 12.1 Å². The van der Waals surface area contributed by atoms with Crippen LogP contribution in [0.4, 0.5) is 0 Å². The van der Waals surface area contributed by atoms with Crippen molar-refractivity contribution in [2.75, 3.05) is 0 Å². The zero-order valence-corrected chi connectivity index (χ0v) is 9.97. The van der Waals surface area contributed by atoms with E-state index < -0.39 is 10.0 Å². The molecule has 88 valence electrons. The number of allylic oxidation sites excluding steroid dienone is 1. The van der Waals surface area contributed by atoms with Gasteiger partial charge in [0.15, 0.2) is 0 Å². The highest BCUT2D eigenvalue weighted by atomic mass is 32.2. The summed E-state index contributed by atoms with van der Waals surface area (Å²) in [5.74, 6) is 0. The molecule has 1 heterocycles. The van der Waals surface area contributed by atoms with Gasteiger partial charge in [-0.05, 0) is 18.2 Å². The Labute approximate surface area is 100 Å². The van der Waals surface area contributed by atoms with Gasteiger partial charge in [0.05, 0.1) is 16.8 Å². The Bertz CT molecular complexity index is 615. The Morgan fingerprint density at radius 1 is 1.24 bits per heavy atom. The van der Waals surface area contributed by atoms with E-state index in [0.717, 1.165) is 4.09 Å². The van der Waals surface area contributed by atoms with Gasteiger partial charge in [0, 0.05) is 6.42 Å². The van der Waals surface area contributed by atoms with Crippen molar-refractivity contribution in [1.29, 1.82) is 0 Å². The Morgan fingerprint density at radius 2 is 1.94 bits per heavy atom. The molecule has 0 bridgehead atoms. The average molecular weight is 248 g/mol. The van der Waals surface area contributed by atoms with Crippen molar-refractivity contribution in [3.8, 4) is 0 Å². The molecule has 0 spiro atoms. The van der Waals surface area contributed by atoms with Gasteiger partial charge in [-0.3, -0.25) is 0 Å². The maximum atomic E-state index is 12.3. The van der Waals surface area contributed by atoms with E-state index in [1.165, 1.54) is 6.20 Å². The van der Waals surface area contributed by atoms with Crippen molar-refractivity contribution in [2.45, 2.75) is 11.3 Å². The second kappa shape index (κ2) is 4.55. The van der Waals surface area contributed by atoms with Gasteiger partial charge in [0.25, 0.3) is 10.0 Å². The van der Waals surface area contributed by atoms with E-state index in [4.69, 9.17) is 0 Å². The molecular weight excluding hydrogens is 236 g/mol. The maximum absolute atomic E-state index is 12.3. The van der Waals surface area contributed by atoms with Gasteiger partial charge < -0.3 is 0 Å². The van der Waals surface area contributed by atoms with Crippen LogP contribution in [0.5, 0.6) is 0 Å². The molecule has 0 amide bonds. The quantitative estimate of drug-likeness (QED) is 0.776. The second-order valence-corrected chi connectivity index (χ2v) is 5.24. The van der Waals surface area contributed by atoms with E-state index in [-0.39, 0.29) is 4.90 Å².